The predicted octanol–water partition coefficient (Wildman–Crippen LogP) is 0.0432. The number of fused-ring (bicyclic) bond motifs is 1. The Morgan fingerprint density at radius 1 is 1.55 bits per heavy atom. The third-order valence-electron chi connectivity index (χ3n) is 3.35. The number of nitrogens with zero attached hydrogens (tertiary/aromatic N) is 5. The van der Waals surface area contributed by atoms with Crippen LogP contribution in [0, 0.1) is 0 Å². The number of aryl methyl sites for hydroxylation is 1. The van der Waals surface area contributed by atoms with Crippen LogP contribution in [0.5, 0.6) is 0 Å². The first-order chi connectivity index (χ1) is 9.65. The SMILES string of the molecule is Cn1ncc2c(N3CCOC(CC(=O)O)C3)ncnc21. The molecule has 1 aliphatic heterocycles. The van der Waals surface area contributed by atoms with E-state index in [0.717, 1.165) is 16.9 Å². The van der Waals surface area contributed by atoms with Gasteiger partial charge in [0.1, 0.15) is 12.1 Å². The van der Waals surface area contributed by atoms with Gasteiger partial charge in [-0.15, -0.1) is 0 Å². The summed E-state index contributed by atoms with van der Waals surface area (Å²) >= 11 is 0. The average Bonchev–Trinajstić information content (AvgIpc) is 2.80. The average molecular weight is 277 g/mol. The van der Waals surface area contributed by atoms with E-state index in [0.29, 0.717) is 19.7 Å². The maximum absolute atomic E-state index is 10.8. The van der Waals surface area contributed by atoms with Crippen molar-refractivity contribution >= 4 is 22.8 Å². The Kier molecular flexibility index (Phi) is 3.23. The quantitative estimate of drug-likeness (QED) is 0.846. The molecule has 1 N–H and O–H groups in total. The van der Waals surface area contributed by atoms with Crippen LogP contribution in [0.4, 0.5) is 5.82 Å². The lowest BCUT2D eigenvalue weighted by Gasteiger charge is -2.33. The number of hydrogen-bond acceptors (Lipinski definition) is 6. The first-order valence-electron chi connectivity index (χ1n) is 6.36. The smallest absolute Gasteiger partial charge is 0.306 e. The summed E-state index contributed by atoms with van der Waals surface area (Å²) in [5, 5.41) is 13.9. The number of rotatable bonds is 3. The van der Waals surface area contributed by atoms with E-state index >= 15 is 0 Å². The number of carbonyl (C=O) groups is 1. The van der Waals surface area contributed by atoms with Crippen molar-refractivity contribution in [2.75, 3.05) is 24.6 Å². The molecule has 0 saturated carbocycles. The number of aromatic nitrogens is 4. The summed E-state index contributed by atoms with van der Waals surface area (Å²) in [7, 11) is 1.83. The van der Waals surface area contributed by atoms with Gasteiger partial charge in [0.05, 0.1) is 30.7 Å². The first-order valence-corrected chi connectivity index (χ1v) is 6.36. The summed E-state index contributed by atoms with van der Waals surface area (Å²) in [6, 6.07) is 0. The second-order valence-electron chi connectivity index (χ2n) is 4.74. The van der Waals surface area contributed by atoms with Crippen molar-refractivity contribution in [3.63, 3.8) is 0 Å². The number of ether oxygens (including phenoxy) is 1. The minimum atomic E-state index is -0.855. The van der Waals surface area contributed by atoms with Crippen molar-refractivity contribution in [1.82, 2.24) is 19.7 Å². The molecule has 1 unspecified atom stereocenters. The van der Waals surface area contributed by atoms with Crippen LogP contribution in [0.1, 0.15) is 6.42 Å². The van der Waals surface area contributed by atoms with Crippen molar-refractivity contribution < 1.29 is 14.6 Å². The number of hydrogen-bond donors (Lipinski definition) is 1. The molecule has 0 aromatic carbocycles. The van der Waals surface area contributed by atoms with Gasteiger partial charge in [-0.3, -0.25) is 9.48 Å². The van der Waals surface area contributed by atoms with E-state index in [1.54, 1.807) is 10.9 Å². The molecule has 2 aromatic heterocycles. The highest BCUT2D eigenvalue weighted by Crippen LogP contribution is 2.24. The number of carboxylic acid groups (broad SMARTS) is 1. The van der Waals surface area contributed by atoms with Crippen LogP contribution in [0.2, 0.25) is 0 Å². The Bertz CT molecular complexity index is 641. The molecule has 1 saturated heterocycles. The van der Waals surface area contributed by atoms with E-state index in [9.17, 15) is 4.79 Å². The van der Waals surface area contributed by atoms with E-state index in [4.69, 9.17) is 9.84 Å². The normalized spacial score (nSPS) is 19.4. The predicted molar refractivity (Wildman–Crippen MR) is 70.5 cm³/mol. The molecule has 2 aromatic rings. The topological polar surface area (TPSA) is 93.4 Å². The summed E-state index contributed by atoms with van der Waals surface area (Å²) in [6.07, 6.45) is 2.91. The highest BCUT2D eigenvalue weighted by Gasteiger charge is 2.25. The highest BCUT2D eigenvalue weighted by molar-refractivity contribution is 5.86. The van der Waals surface area contributed by atoms with Crippen LogP contribution in [-0.4, -0.2) is 56.6 Å². The minimum Gasteiger partial charge on any atom is -0.481 e. The van der Waals surface area contributed by atoms with Crippen LogP contribution in [0.25, 0.3) is 11.0 Å². The third-order valence-corrected chi connectivity index (χ3v) is 3.35. The van der Waals surface area contributed by atoms with Gasteiger partial charge in [0.15, 0.2) is 5.65 Å². The fourth-order valence-electron chi connectivity index (χ4n) is 2.43. The molecule has 0 aliphatic carbocycles. The molecule has 0 spiro atoms. The largest absolute Gasteiger partial charge is 0.481 e. The lowest BCUT2D eigenvalue weighted by molar-refractivity contribution is -0.140. The third kappa shape index (κ3) is 2.29. The second-order valence-corrected chi connectivity index (χ2v) is 4.74. The summed E-state index contributed by atoms with van der Waals surface area (Å²) < 4.78 is 7.16. The first kappa shape index (κ1) is 12.8. The molecule has 1 fully saturated rings. The van der Waals surface area contributed by atoms with Crippen molar-refractivity contribution in [2.24, 2.45) is 7.05 Å². The van der Waals surface area contributed by atoms with Crippen molar-refractivity contribution in [3.05, 3.63) is 12.5 Å². The Balaban J connectivity index is 1.88. The van der Waals surface area contributed by atoms with E-state index in [2.05, 4.69) is 15.1 Å². The minimum absolute atomic E-state index is 0.00222. The Labute approximate surface area is 115 Å². The summed E-state index contributed by atoms with van der Waals surface area (Å²) in [5.74, 6) is -0.0761. The standard InChI is InChI=1S/C12H15N5O3/c1-16-11-9(5-15-16)12(14-7-13-11)17-2-3-20-8(6-17)4-10(18)19/h5,7-8H,2-4,6H2,1H3,(H,18,19). The molecule has 0 amide bonds. The van der Waals surface area contributed by atoms with Gasteiger partial charge in [-0.05, 0) is 0 Å². The van der Waals surface area contributed by atoms with Gasteiger partial charge in [0, 0.05) is 20.1 Å². The maximum Gasteiger partial charge on any atom is 0.306 e. The zero-order chi connectivity index (χ0) is 14.1. The van der Waals surface area contributed by atoms with Gasteiger partial charge in [-0.1, -0.05) is 0 Å². The maximum atomic E-state index is 10.8. The van der Waals surface area contributed by atoms with E-state index < -0.39 is 5.97 Å². The van der Waals surface area contributed by atoms with Gasteiger partial charge in [0.25, 0.3) is 0 Å². The van der Waals surface area contributed by atoms with Crippen molar-refractivity contribution in [1.29, 1.82) is 0 Å². The van der Waals surface area contributed by atoms with Crippen LogP contribution in [0.15, 0.2) is 12.5 Å². The molecule has 3 rings (SSSR count). The van der Waals surface area contributed by atoms with Crippen LogP contribution in [-0.2, 0) is 16.6 Å². The van der Waals surface area contributed by atoms with Gasteiger partial charge in [-0.25, -0.2) is 9.97 Å². The van der Waals surface area contributed by atoms with Crippen LogP contribution >= 0.6 is 0 Å². The zero-order valence-corrected chi connectivity index (χ0v) is 11.1. The number of carboxylic acids is 1. The molecule has 0 bridgehead atoms. The lowest BCUT2D eigenvalue weighted by atomic mass is 10.2. The molecule has 3 heterocycles. The van der Waals surface area contributed by atoms with Crippen molar-refractivity contribution in [2.45, 2.75) is 12.5 Å². The monoisotopic (exact) mass is 277 g/mol. The van der Waals surface area contributed by atoms with E-state index in [-0.39, 0.29) is 12.5 Å². The lowest BCUT2D eigenvalue weighted by Crippen LogP contribution is -2.43. The van der Waals surface area contributed by atoms with Crippen LogP contribution < -0.4 is 4.90 Å². The van der Waals surface area contributed by atoms with Gasteiger partial charge >= 0.3 is 5.97 Å². The molecule has 106 valence electrons. The molecule has 20 heavy (non-hydrogen) atoms. The Morgan fingerprint density at radius 2 is 2.40 bits per heavy atom. The molecule has 1 atom stereocenters. The highest BCUT2D eigenvalue weighted by atomic mass is 16.5. The summed E-state index contributed by atoms with van der Waals surface area (Å²) in [4.78, 5) is 21.3. The fourth-order valence-corrected chi connectivity index (χ4v) is 2.43. The molecule has 8 heteroatoms. The molecule has 8 nitrogen and oxygen atoms in total. The summed E-state index contributed by atoms with van der Waals surface area (Å²) in [6.45, 7) is 1.67. The van der Waals surface area contributed by atoms with Gasteiger partial charge < -0.3 is 14.7 Å². The van der Waals surface area contributed by atoms with Gasteiger partial charge in [-0.2, -0.15) is 5.10 Å². The number of morpholine rings is 1. The number of aliphatic carboxylic acids is 1. The molecule has 1 aliphatic rings. The second kappa shape index (κ2) is 5.04. The zero-order valence-electron chi connectivity index (χ0n) is 11.1. The van der Waals surface area contributed by atoms with E-state index in [1.165, 1.54) is 6.33 Å². The van der Waals surface area contributed by atoms with Crippen LogP contribution in [0.3, 0.4) is 0 Å². The number of anilines is 1. The Morgan fingerprint density at radius 3 is 3.20 bits per heavy atom. The van der Waals surface area contributed by atoms with Gasteiger partial charge in [0.2, 0.25) is 0 Å². The summed E-state index contributed by atoms with van der Waals surface area (Å²) in [5.41, 5.74) is 0.760. The van der Waals surface area contributed by atoms with E-state index in [1.807, 2.05) is 11.9 Å². The molecule has 0 radical (unpaired) electrons. The molecular weight excluding hydrogens is 262 g/mol. The fraction of sp³-hybridized carbons (Fsp3) is 0.500. The molecular formula is C12H15N5O3. The van der Waals surface area contributed by atoms with Crippen molar-refractivity contribution in [3.8, 4) is 0 Å². The Hall–Kier alpha value is -2.22.